The van der Waals surface area contributed by atoms with Gasteiger partial charge in [-0.15, -0.1) is 0 Å². The Labute approximate surface area is 231 Å². The van der Waals surface area contributed by atoms with Crippen molar-refractivity contribution in [1.82, 2.24) is 0 Å². The van der Waals surface area contributed by atoms with Crippen molar-refractivity contribution in [2.45, 2.75) is 47.0 Å². The summed E-state index contributed by atoms with van der Waals surface area (Å²) < 4.78 is 0. The number of allylic oxidation sites excluding steroid dienone is 10. The van der Waals surface area contributed by atoms with E-state index in [0.717, 1.165) is 41.5 Å². The number of hydrogen-bond donors (Lipinski definition) is 0. The van der Waals surface area contributed by atoms with Gasteiger partial charge in [0.1, 0.15) is 0 Å². The maximum Gasteiger partial charge on any atom is 0.00950 e. The Morgan fingerprint density at radius 1 is 0.868 bits per heavy atom. The molecule has 38 heavy (non-hydrogen) atoms. The minimum atomic E-state index is 0.0374. The van der Waals surface area contributed by atoms with Gasteiger partial charge in [0.25, 0.3) is 0 Å². The van der Waals surface area contributed by atoms with Crippen LogP contribution in [0, 0.1) is 29.6 Å². The van der Waals surface area contributed by atoms with E-state index in [9.17, 15) is 0 Å². The Morgan fingerprint density at radius 3 is 2.13 bits per heavy atom. The van der Waals surface area contributed by atoms with Crippen molar-refractivity contribution < 1.29 is 0 Å². The van der Waals surface area contributed by atoms with Crippen molar-refractivity contribution in [2.24, 2.45) is 29.6 Å². The molecule has 0 nitrogen and oxygen atoms in total. The van der Waals surface area contributed by atoms with Crippen LogP contribution in [0.25, 0.3) is 16.3 Å². The molecule has 1 fully saturated rings. The molecule has 0 saturated heterocycles. The molecular formula is C38H44. The van der Waals surface area contributed by atoms with Gasteiger partial charge < -0.3 is 0 Å². The molecule has 2 aromatic rings. The first-order valence-corrected chi connectivity index (χ1v) is 14.0. The van der Waals surface area contributed by atoms with Gasteiger partial charge in [0, 0.05) is 17.8 Å². The molecule has 0 radical (unpaired) electrons. The Morgan fingerprint density at radius 2 is 1.50 bits per heavy atom. The molecule has 0 heteroatoms. The van der Waals surface area contributed by atoms with Crippen LogP contribution in [0.15, 0.2) is 133 Å². The van der Waals surface area contributed by atoms with Crippen LogP contribution in [0.5, 0.6) is 0 Å². The van der Waals surface area contributed by atoms with E-state index in [0.29, 0.717) is 0 Å². The van der Waals surface area contributed by atoms with E-state index in [4.69, 9.17) is 6.58 Å². The smallest absolute Gasteiger partial charge is 0.00950 e. The van der Waals surface area contributed by atoms with E-state index in [-0.39, 0.29) is 29.6 Å². The van der Waals surface area contributed by atoms with Crippen LogP contribution >= 0.6 is 0 Å². The lowest BCUT2D eigenvalue weighted by atomic mass is 9.64. The highest BCUT2D eigenvalue weighted by Gasteiger charge is 2.36. The van der Waals surface area contributed by atoms with Gasteiger partial charge in [-0.25, -0.2) is 0 Å². The summed E-state index contributed by atoms with van der Waals surface area (Å²) in [5.74, 6) is 1.01. The molecule has 0 heterocycles. The van der Waals surface area contributed by atoms with E-state index < -0.39 is 0 Å². The summed E-state index contributed by atoms with van der Waals surface area (Å²) in [4.78, 5) is 0. The standard InChI is InChI=1S/C38H44/c1-23-15-11-14-18-36(23)28(6)27(5)31(9)38(22-37-29(7)25(3)24(2)26(4)30(37)8)32(10)34-20-19-33-16-12-13-17-35(33)21-34/h11-13,15-17,19-21,25-26,28,37-38H,2,5,7-10,14,18,22H2,1,3-4,6H3. The fourth-order valence-corrected chi connectivity index (χ4v) is 6.39. The van der Waals surface area contributed by atoms with Crippen molar-refractivity contribution >= 4 is 16.3 Å². The third-order valence-corrected chi connectivity index (χ3v) is 9.47. The first-order chi connectivity index (χ1) is 18.0. The maximum atomic E-state index is 4.70. The summed E-state index contributed by atoms with van der Waals surface area (Å²) >= 11 is 0. The topological polar surface area (TPSA) is 0 Å². The summed E-state index contributed by atoms with van der Waals surface area (Å²) in [5.41, 5.74) is 10.9. The van der Waals surface area contributed by atoms with Crippen molar-refractivity contribution in [3.63, 3.8) is 0 Å². The van der Waals surface area contributed by atoms with Crippen LogP contribution in [0.2, 0.25) is 0 Å². The third-order valence-electron chi connectivity index (χ3n) is 9.47. The SMILES string of the molecule is C=C(C(=C)C(CC1C(=C)C(C)C(=C)C(C)C1=C)C(=C)c1ccc2ccccc2c1)C(C)C1=C(C)C=CCC1. The van der Waals surface area contributed by atoms with Gasteiger partial charge in [-0.2, -0.15) is 0 Å². The molecule has 0 spiro atoms. The molecule has 2 aliphatic carbocycles. The molecule has 0 aliphatic heterocycles. The van der Waals surface area contributed by atoms with Crippen molar-refractivity contribution in [3.8, 4) is 0 Å². The van der Waals surface area contributed by atoms with Gasteiger partial charge in [-0.3, -0.25) is 0 Å². The molecule has 4 atom stereocenters. The van der Waals surface area contributed by atoms with Gasteiger partial charge in [0.15, 0.2) is 0 Å². The first kappa shape index (κ1) is 27.6. The van der Waals surface area contributed by atoms with E-state index in [1.54, 1.807) is 0 Å². The second kappa shape index (κ2) is 11.2. The summed E-state index contributed by atoms with van der Waals surface area (Å²) in [6.45, 7) is 36.4. The van der Waals surface area contributed by atoms with Crippen molar-refractivity contribution in [3.05, 3.63) is 139 Å². The monoisotopic (exact) mass is 500 g/mol. The zero-order valence-corrected chi connectivity index (χ0v) is 23.9. The van der Waals surface area contributed by atoms with E-state index in [1.165, 1.54) is 38.6 Å². The van der Waals surface area contributed by atoms with Gasteiger partial charge >= 0.3 is 0 Å². The average Bonchev–Trinajstić information content (AvgIpc) is 2.93. The molecule has 0 aromatic heterocycles. The Balaban J connectivity index is 1.72. The summed E-state index contributed by atoms with van der Waals surface area (Å²) in [6.07, 6.45) is 7.55. The Bertz CT molecular complexity index is 1380. The Kier molecular flexibility index (Phi) is 8.12. The molecular weight excluding hydrogens is 456 g/mol. The van der Waals surface area contributed by atoms with Crippen LogP contribution in [0.4, 0.5) is 0 Å². The van der Waals surface area contributed by atoms with Crippen LogP contribution in [-0.4, -0.2) is 0 Å². The fraction of sp³-hybridized carbons (Fsp3) is 0.316. The molecule has 1 saturated carbocycles. The third kappa shape index (κ3) is 5.14. The van der Waals surface area contributed by atoms with Crippen LogP contribution in [-0.2, 0) is 0 Å². The van der Waals surface area contributed by atoms with E-state index >= 15 is 0 Å². The summed E-state index contributed by atoms with van der Waals surface area (Å²) in [5, 5.41) is 2.46. The lowest BCUT2D eigenvalue weighted by molar-refractivity contribution is 0.448. The van der Waals surface area contributed by atoms with Crippen molar-refractivity contribution in [1.29, 1.82) is 0 Å². The minimum Gasteiger partial charge on any atom is -0.0987 e. The molecule has 2 aliphatic rings. The van der Waals surface area contributed by atoms with Gasteiger partial charge in [-0.05, 0) is 77.1 Å². The second-order valence-electron chi connectivity index (χ2n) is 11.5. The van der Waals surface area contributed by atoms with Gasteiger partial charge in [0.2, 0.25) is 0 Å². The summed E-state index contributed by atoms with van der Waals surface area (Å²) in [7, 11) is 0. The highest BCUT2D eigenvalue weighted by atomic mass is 14.4. The molecule has 0 bridgehead atoms. The zero-order chi connectivity index (χ0) is 27.7. The van der Waals surface area contributed by atoms with E-state index in [2.05, 4.69) is 115 Å². The molecule has 4 unspecified atom stereocenters. The van der Waals surface area contributed by atoms with E-state index in [1.807, 2.05) is 0 Å². The maximum absolute atomic E-state index is 4.70. The van der Waals surface area contributed by atoms with Crippen LogP contribution in [0.3, 0.4) is 0 Å². The van der Waals surface area contributed by atoms with Crippen LogP contribution < -0.4 is 0 Å². The predicted octanol–water partition coefficient (Wildman–Crippen LogP) is 10.8. The number of benzene rings is 2. The quantitative estimate of drug-likeness (QED) is 0.250. The lowest BCUT2D eigenvalue weighted by Gasteiger charge is -2.41. The Hall–Kier alpha value is -3.38. The van der Waals surface area contributed by atoms with Gasteiger partial charge in [0.05, 0.1) is 0 Å². The van der Waals surface area contributed by atoms with Crippen molar-refractivity contribution in [2.75, 3.05) is 0 Å². The second-order valence-corrected chi connectivity index (χ2v) is 11.5. The number of hydrogen-bond acceptors (Lipinski definition) is 0. The van der Waals surface area contributed by atoms with Gasteiger partial charge in [-0.1, -0.05) is 137 Å². The average molecular weight is 501 g/mol. The summed E-state index contributed by atoms with van der Waals surface area (Å²) in [6, 6.07) is 15.2. The first-order valence-electron chi connectivity index (χ1n) is 14.0. The number of fused-ring (bicyclic) bond motifs is 1. The highest BCUT2D eigenvalue weighted by molar-refractivity contribution is 5.86. The normalized spacial score (nSPS) is 23.5. The minimum absolute atomic E-state index is 0.0374. The molecule has 196 valence electrons. The zero-order valence-electron chi connectivity index (χ0n) is 23.9. The number of rotatable bonds is 8. The molecule has 0 amide bonds. The fourth-order valence-electron chi connectivity index (χ4n) is 6.39. The highest BCUT2D eigenvalue weighted by Crippen LogP contribution is 2.49. The largest absolute Gasteiger partial charge is 0.0987 e. The predicted molar refractivity (Wildman–Crippen MR) is 169 cm³/mol. The van der Waals surface area contributed by atoms with Crippen LogP contribution in [0.1, 0.15) is 52.5 Å². The lowest BCUT2D eigenvalue weighted by Crippen LogP contribution is -2.29. The molecule has 4 rings (SSSR count). The molecule has 0 N–H and O–H groups in total. The molecule has 2 aromatic carbocycles.